The highest BCUT2D eigenvalue weighted by Crippen LogP contribution is 2.42. The number of aromatic nitrogens is 2. The molecule has 1 aliphatic rings. The zero-order chi connectivity index (χ0) is 25.2. The number of para-hydroxylation sites is 1. The number of carbonyl (C=O) groups is 1. The second kappa shape index (κ2) is 9.87. The lowest BCUT2D eigenvalue weighted by Crippen LogP contribution is -2.22. The summed E-state index contributed by atoms with van der Waals surface area (Å²) in [6.07, 6.45) is 3.54. The lowest BCUT2D eigenvalue weighted by molar-refractivity contribution is 0.102. The Kier molecular flexibility index (Phi) is 6.47. The van der Waals surface area contributed by atoms with Gasteiger partial charge in [0, 0.05) is 21.4 Å². The van der Waals surface area contributed by atoms with E-state index in [2.05, 4.69) is 31.7 Å². The van der Waals surface area contributed by atoms with Crippen LogP contribution < -0.4 is 20.1 Å². The normalized spacial score (nSPS) is 14.3. The molecule has 0 fully saturated rings. The van der Waals surface area contributed by atoms with E-state index in [0.717, 1.165) is 21.3 Å². The summed E-state index contributed by atoms with van der Waals surface area (Å²) in [7, 11) is 3.18. The molecular formula is C27H22BrFN4O3. The molecule has 9 heteroatoms. The first kappa shape index (κ1) is 23.6. The molecule has 0 radical (unpaired) electrons. The van der Waals surface area contributed by atoms with Gasteiger partial charge in [0.05, 0.1) is 20.4 Å². The van der Waals surface area contributed by atoms with E-state index in [-0.39, 0.29) is 11.7 Å². The number of ether oxygens (including phenoxy) is 2. The van der Waals surface area contributed by atoms with E-state index in [0.29, 0.717) is 28.6 Å². The molecule has 182 valence electrons. The van der Waals surface area contributed by atoms with Crippen molar-refractivity contribution in [1.29, 1.82) is 0 Å². The minimum Gasteiger partial charge on any atom is -0.493 e. The molecule has 0 saturated carbocycles. The second-order valence-electron chi connectivity index (χ2n) is 8.05. The van der Waals surface area contributed by atoms with E-state index in [1.54, 1.807) is 18.9 Å². The number of amides is 1. The van der Waals surface area contributed by atoms with E-state index >= 15 is 0 Å². The standard InChI is InChI=1S/C27H22BrFN4O3/c1-35-24-5-3-4-20(25(24)36-2)23-14-22(16-6-8-17(28)9-7-16)32-26-21(15-30-33(23)26)27(34)31-19-12-10-18(29)11-13-19/h3-15,23,32H,1-2H3,(H,31,34)/t23-/m1/s1. The Labute approximate surface area is 215 Å². The van der Waals surface area contributed by atoms with Gasteiger partial charge in [0.25, 0.3) is 5.91 Å². The molecule has 0 aliphatic carbocycles. The molecule has 1 atom stereocenters. The highest BCUT2D eigenvalue weighted by atomic mass is 79.9. The maximum atomic E-state index is 13.3. The summed E-state index contributed by atoms with van der Waals surface area (Å²) in [5.41, 5.74) is 3.38. The third-order valence-corrected chi connectivity index (χ3v) is 6.42. The first-order chi connectivity index (χ1) is 17.5. The molecule has 0 unspecified atom stereocenters. The van der Waals surface area contributed by atoms with Gasteiger partial charge in [-0.15, -0.1) is 0 Å². The lowest BCUT2D eigenvalue weighted by atomic mass is 9.99. The van der Waals surface area contributed by atoms with Crippen molar-refractivity contribution in [3.63, 3.8) is 0 Å². The molecule has 4 aromatic rings. The van der Waals surface area contributed by atoms with Gasteiger partial charge in [-0.2, -0.15) is 5.10 Å². The summed E-state index contributed by atoms with van der Waals surface area (Å²) in [6, 6.07) is 18.7. The summed E-state index contributed by atoms with van der Waals surface area (Å²) in [4.78, 5) is 13.2. The minimum absolute atomic E-state index is 0.342. The maximum absolute atomic E-state index is 13.3. The van der Waals surface area contributed by atoms with E-state index in [9.17, 15) is 9.18 Å². The van der Waals surface area contributed by atoms with E-state index in [4.69, 9.17) is 9.47 Å². The highest BCUT2D eigenvalue weighted by molar-refractivity contribution is 9.10. The van der Waals surface area contributed by atoms with Crippen LogP contribution in [0.2, 0.25) is 0 Å². The lowest BCUT2D eigenvalue weighted by Gasteiger charge is -2.27. The molecule has 0 bridgehead atoms. The van der Waals surface area contributed by atoms with Crippen LogP contribution in [0, 0.1) is 5.82 Å². The molecule has 2 N–H and O–H groups in total. The van der Waals surface area contributed by atoms with Crippen LogP contribution in [-0.2, 0) is 0 Å². The van der Waals surface area contributed by atoms with Gasteiger partial charge in [0.2, 0.25) is 0 Å². The monoisotopic (exact) mass is 548 g/mol. The molecule has 0 saturated heterocycles. The van der Waals surface area contributed by atoms with Crippen molar-refractivity contribution in [2.24, 2.45) is 0 Å². The van der Waals surface area contributed by atoms with Crippen molar-refractivity contribution in [3.8, 4) is 11.5 Å². The number of fused-ring (bicyclic) bond motifs is 1. The fourth-order valence-electron chi connectivity index (χ4n) is 4.16. The van der Waals surface area contributed by atoms with Crippen molar-refractivity contribution < 1.29 is 18.7 Å². The zero-order valence-electron chi connectivity index (χ0n) is 19.5. The van der Waals surface area contributed by atoms with Crippen LogP contribution in [0.15, 0.2) is 83.5 Å². The number of methoxy groups -OCH3 is 2. The van der Waals surface area contributed by atoms with Crippen LogP contribution in [0.25, 0.3) is 5.70 Å². The molecule has 1 amide bonds. The van der Waals surface area contributed by atoms with Gasteiger partial charge in [0.1, 0.15) is 23.2 Å². The third kappa shape index (κ3) is 4.45. The molecule has 7 nitrogen and oxygen atoms in total. The molecule has 1 aromatic heterocycles. The van der Waals surface area contributed by atoms with Crippen LogP contribution in [0.3, 0.4) is 0 Å². The largest absolute Gasteiger partial charge is 0.493 e. The van der Waals surface area contributed by atoms with Gasteiger partial charge < -0.3 is 20.1 Å². The van der Waals surface area contributed by atoms with Gasteiger partial charge in [-0.3, -0.25) is 4.79 Å². The van der Waals surface area contributed by atoms with Crippen molar-refractivity contribution >= 4 is 39.0 Å². The number of anilines is 2. The first-order valence-electron chi connectivity index (χ1n) is 11.1. The van der Waals surface area contributed by atoms with Crippen molar-refractivity contribution in [2.75, 3.05) is 24.9 Å². The Morgan fingerprint density at radius 2 is 1.81 bits per heavy atom. The quantitative estimate of drug-likeness (QED) is 0.304. The fourth-order valence-corrected chi connectivity index (χ4v) is 4.42. The van der Waals surface area contributed by atoms with E-state index in [1.807, 2.05) is 48.5 Å². The summed E-state index contributed by atoms with van der Waals surface area (Å²) < 4.78 is 27.2. The zero-order valence-corrected chi connectivity index (χ0v) is 21.0. The predicted octanol–water partition coefficient (Wildman–Crippen LogP) is 6.11. The summed E-state index contributed by atoms with van der Waals surface area (Å²) >= 11 is 3.48. The Bertz CT molecular complexity index is 1450. The first-order valence-corrected chi connectivity index (χ1v) is 11.9. The smallest absolute Gasteiger partial charge is 0.261 e. The van der Waals surface area contributed by atoms with Crippen LogP contribution >= 0.6 is 15.9 Å². The van der Waals surface area contributed by atoms with Crippen molar-refractivity contribution in [3.05, 3.63) is 106 Å². The van der Waals surface area contributed by atoms with E-state index < -0.39 is 6.04 Å². The molecule has 2 heterocycles. The topological polar surface area (TPSA) is 77.4 Å². The summed E-state index contributed by atoms with van der Waals surface area (Å²) in [6.45, 7) is 0. The number of nitrogens with one attached hydrogen (secondary N) is 2. The average molecular weight is 549 g/mol. The number of allylic oxidation sites excluding steroid dienone is 1. The molecule has 36 heavy (non-hydrogen) atoms. The van der Waals surface area contributed by atoms with E-state index in [1.165, 1.54) is 30.5 Å². The predicted molar refractivity (Wildman–Crippen MR) is 140 cm³/mol. The SMILES string of the molecule is COc1cccc([C@H]2C=C(c3ccc(Br)cc3)Nc3c(C(=O)Nc4ccc(F)cc4)cnn32)c1OC. The Hall–Kier alpha value is -4.11. The van der Waals surface area contributed by atoms with Gasteiger partial charge in [-0.05, 0) is 54.1 Å². The molecule has 3 aromatic carbocycles. The molecule has 0 spiro atoms. The van der Waals surface area contributed by atoms with Crippen LogP contribution in [-0.4, -0.2) is 29.9 Å². The summed E-state index contributed by atoms with van der Waals surface area (Å²) in [5.74, 6) is 0.942. The number of halogens is 2. The highest BCUT2D eigenvalue weighted by Gasteiger charge is 2.30. The van der Waals surface area contributed by atoms with Crippen molar-refractivity contribution in [2.45, 2.75) is 6.04 Å². The minimum atomic E-state index is -0.391. The van der Waals surface area contributed by atoms with Crippen LogP contribution in [0.4, 0.5) is 15.9 Å². The van der Waals surface area contributed by atoms with Gasteiger partial charge in [-0.1, -0.05) is 40.2 Å². The van der Waals surface area contributed by atoms with Gasteiger partial charge >= 0.3 is 0 Å². The Morgan fingerprint density at radius 1 is 1.06 bits per heavy atom. The van der Waals surface area contributed by atoms with Gasteiger partial charge in [-0.25, -0.2) is 9.07 Å². The fraction of sp³-hybridized carbons (Fsp3) is 0.111. The number of rotatable bonds is 6. The Morgan fingerprint density at radius 3 is 2.50 bits per heavy atom. The van der Waals surface area contributed by atoms with Crippen molar-refractivity contribution in [1.82, 2.24) is 9.78 Å². The van der Waals surface area contributed by atoms with Gasteiger partial charge in [0.15, 0.2) is 11.5 Å². The van der Waals surface area contributed by atoms with Crippen LogP contribution in [0.1, 0.15) is 27.5 Å². The van der Waals surface area contributed by atoms with Crippen LogP contribution in [0.5, 0.6) is 11.5 Å². The third-order valence-electron chi connectivity index (χ3n) is 5.89. The number of benzene rings is 3. The maximum Gasteiger partial charge on any atom is 0.261 e. The average Bonchev–Trinajstić information content (AvgIpc) is 3.33. The molecular weight excluding hydrogens is 527 g/mol. The number of carbonyl (C=O) groups excluding carboxylic acids is 1. The Balaban J connectivity index is 1.60. The summed E-state index contributed by atoms with van der Waals surface area (Å²) in [5, 5.41) is 10.7. The number of nitrogens with zero attached hydrogens (tertiary/aromatic N) is 2. The second-order valence-corrected chi connectivity index (χ2v) is 8.97. The number of hydrogen-bond acceptors (Lipinski definition) is 5. The number of hydrogen-bond donors (Lipinski definition) is 2. The molecule has 1 aliphatic heterocycles. The molecule has 5 rings (SSSR count).